The Hall–Kier alpha value is -2.95. The summed E-state index contributed by atoms with van der Waals surface area (Å²) in [6, 6.07) is 2.99. The van der Waals surface area contributed by atoms with Crippen LogP contribution in [0.25, 0.3) is 22.5 Å². The van der Waals surface area contributed by atoms with Gasteiger partial charge in [-0.1, -0.05) is 16.8 Å². The Labute approximate surface area is 180 Å². The third-order valence-electron chi connectivity index (χ3n) is 4.92. The lowest BCUT2D eigenvalue weighted by Crippen LogP contribution is -2.66. The predicted molar refractivity (Wildman–Crippen MR) is 107 cm³/mol. The molecule has 3 N–H and O–H groups in total. The summed E-state index contributed by atoms with van der Waals surface area (Å²) >= 11 is 6.02. The number of amides is 1. The van der Waals surface area contributed by atoms with E-state index < -0.39 is 29.1 Å². The van der Waals surface area contributed by atoms with Gasteiger partial charge in [-0.3, -0.25) is 9.78 Å². The quantitative estimate of drug-likeness (QED) is 0.615. The topological polar surface area (TPSA) is 116 Å². The predicted octanol–water partition coefficient (Wildman–Crippen LogP) is 2.94. The molecule has 4 rings (SSSR count). The SMILES string of the molecule is Cc1nc(-c2c(F)cc(Cl)cc2-c2cnc([C@@H](C)NC(=O)C3(N)COC3)c(F)c2)no1. The molecular weight excluding hydrogens is 432 g/mol. The Bertz CT molecular complexity index is 1170. The number of hydrogen-bond donors (Lipinski definition) is 2. The van der Waals surface area contributed by atoms with Gasteiger partial charge in [0.05, 0.1) is 30.5 Å². The van der Waals surface area contributed by atoms with Gasteiger partial charge < -0.3 is 20.3 Å². The molecular formula is C20H18ClF2N5O3. The summed E-state index contributed by atoms with van der Waals surface area (Å²) in [5, 5.41) is 6.49. The number of carbonyl (C=O) groups excluding carboxylic acids is 1. The molecule has 3 aromatic rings. The molecule has 0 aliphatic carbocycles. The molecule has 1 aromatic carbocycles. The van der Waals surface area contributed by atoms with E-state index in [1.54, 1.807) is 13.8 Å². The zero-order valence-electron chi connectivity index (χ0n) is 16.6. The van der Waals surface area contributed by atoms with Crippen molar-refractivity contribution in [3.05, 3.63) is 52.6 Å². The smallest absolute Gasteiger partial charge is 0.245 e. The molecule has 162 valence electrons. The fourth-order valence-corrected chi connectivity index (χ4v) is 3.41. The van der Waals surface area contributed by atoms with Crippen LogP contribution in [0.5, 0.6) is 0 Å². The molecule has 0 spiro atoms. The molecule has 1 amide bonds. The molecule has 31 heavy (non-hydrogen) atoms. The molecule has 1 aliphatic rings. The van der Waals surface area contributed by atoms with Crippen molar-refractivity contribution in [2.75, 3.05) is 13.2 Å². The average molecular weight is 450 g/mol. The average Bonchev–Trinajstić information content (AvgIpc) is 3.10. The van der Waals surface area contributed by atoms with Crippen molar-refractivity contribution in [3.63, 3.8) is 0 Å². The van der Waals surface area contributed by atoms with Crippen molar-refractivity contribution in [2.45, 2.75) is 25.4 Å². The normalized spacial score (nSPS) is 15.9. The molecule has 3 heterocycles. The largest absolute Gasteiger partial charge is 0.376 e. The minimum atomic E-state index is -1.12. The van der Waals surface area contributed by atoms with Gasteiger partial charge in [-0.25, -0.2) is 8.78 Å². The summed E-state index contributed by atoms with van der Waals surface area (Å²) in [4.78, 5) is 20.5. The number of benzene rings is 1. The highest BCUT2D eigenvalue weighted by Crippen LogP contribution is 2.36. The van der Waals surface area contributed by atoms with E-state index in [1.165, 1.54) is 18.3 Å². The van der Waals surface area contributed by atoms with Crippen LogP contribution in [0.4, 0.5) is 8.78 Å². The molecule has 0 saturated carbocycles. The van der Waals surface area contributed by atoms with Gasteiger partial charge in [-0.2, -0.15) is 4.98 Å². The van der Waals surface area contributed by atoms with Crippen molar-refractivity contribution >= 4 is 17.5 Å². The Morgan fingerprint density at radius 2 is 2.03 bits per heavy atom. The summed E-state index contributed by atoms with van der Waals surface area (Å²) in [6.45, 7) is 3.34. The van der Waals surface area contributed by atoms with Crippen molar-refractivity contribution in [3.8, 4) is 22.5 Å². The summed E-state index contributed by atoms with van der Waals surface area (Å²) in [7, 11) is 0. The van der Waals surface area contributed by atoms with E-state index in [0.29, 0.717) is 0 Å². The highest BCUT2D eigenvalue weighted by atomic mass is 35.5. The minimum Gasteiger partial charge on any atom is -0.376 e. The maximum atomic E-state index is 14.9. The molecule has 1 fully saturated rings. The fourth-order valence-electron chi connectivity index (χ4n) is 3.21. The van der Waals surface area contributed by atoms with Crippen LogP contribution in [0.15, 0.2) is 28.9 Å². The molecule has 11 heteroatoms. The van der Waals surface area contributed by atoms with E-state index in [1.807, 2.05) is 0 Å². The van der Waals surface area contributed by atoms with E-state index in [2.05, 4.69) is 20.4 Å². The lowest BCUT2D eigenvalue weighted by atomic mass is 9.97. The number of ether oxygens (including phenoxy) is 1. The van der Waals surface area contributed by atoms with Gasteiger partial charge in [0, 0.05) is 23.7 Å². The summed E-state index contributed by atoms with van der Waals surface area (Å²) in [6.07, 6.45) is 1.35. The van der Waals surface area contributed by atoms with E-state index in [4.69, 9.17) is 26.6 Å². The Morgan fingerprint density at radius 3 is 2.61 bits per heavy atom. The number of nitrogens with two attached hydrogens (primary N) is 1. The Morgan fingerprint density at radius 1 is 1.29 bits per heavy atom. The second kappa shape index (κ2) is 7.95. The van der Waals surface area contributed by atoms with Gasteiger partial charge >= 0.3 is 0 Å². The van der Waals surface area contributed by atoms with Crippen LogP contribution in [-0.4, -0.2) is 39.8 Å². The number of aromatic nitrogens is 3. The number of nitrogens with one attached hydrogen (secondary N) is 1. The molecule has 0 bridgehead atoms. The Kier molecular flexibility index (Phi) is 5.46. The molecule has 1 atom stereocenters. The molecule has 1 saturated heterocycles. The lowest BCUT2D eigenvalue weighted by molar-refractivity contribution is -0.144. The van der Waals surface area contributed by atoms with Crippen molar-refractivity contribution in [2.24, 2.45) is 5.73 Å². The zero-order chi connectivity index (χ0) is 22.3. The summed E-state index contributed by atoms with van der Waals surface area (Å²) < 4.78 is 39.5. The summed E-state index contributed by atoms with van der Waals surface area (Å²) in [5.41, 5.74) is 5.27. The third-order valence-corrected chi connectivity index (χ3v) is 5.13. The van der Waals surface area contributed by atoms with E-state index >= 15 is 0 Å². The fraction of sp³-hybridized carbons (Fsp3) is 0.300. The van der Waals surface area contributed by atoms with Crippen LogP contribution in [0.2, 0.25) is 5.02 Å². The van der Waals surface area contributed by atoms with Crippen LogP contribution >= 0.6 is 11.6 Å². The first kappa shape index (κ1) is 21.3. The highest BCUT2D eigenvalue weighted by Gasteiger charge is 2.42. The number of aryl methyl sites for hydroxylation is 1. The molecule has 0 radical (unpaired) electrons. The number of pyridine rings is 1. The standard InChI is InChI=1S/C20H18ClF2N5O3/c1-9(26-19(29)20(24)7-30-8-20)17-15(23)3-11(6-25-17)13-4-12(21)5-14(22)16(13)18-27-10(2)31-28-18/h3-6,9H,7-8,24H2,1-2H3,(H,26,29)/t9-/m1/s1. The lowest BCUT2D eigenvalue weighted by Gasteiger charge is -2.36. The Balaban J connectivity index is 1.68. The van der Waals surface area contributed by atoms with Gasteiger partial charge in [0.15, 0.2) is 0 Å². The van der Waals surface area contributed by atoms with Crippen molar-refractivity contribution in [1.29, 1.82) is 0 Å². The first-order chi connectivity index (χ1) is 14.7. The maximum absolute atomic E-state index is 14.9. The number of rotatable bonds is 5. The molecule has 2 aromatic heterocycles. The minimum absolute atomic E-state index is 0.000368. The van der Waals surface area contributed by atoms with Gasteiger partial charge in [0.25, 0.3) is 0 Å². The van der Waals surface area contributed by atoms with Crippen LogP contribution < -0.4 is 11.1 Å². The monoisotopic (exact) mass is 449 g/mol. The van der Waals surface area contributed by atoms with E-state index in [9.17, 15) is 13.6 Å². The van der Waals surface area contributed by atoms with Crippen molar-refractivity contribution < 1.29 is 22.8 Å². The highest BCUT2D eigenvalue weighted by molar-refractivity contribution is 6.31. The molecule has 1 aliphatic heterocycles. The first-order valence-electron chi connectivity index (χ1n) is 9.31. The van der Waals surface area contributed by atoms with Gasteiger partial charge in [-0.15, -0.1) is 0 Å². The van der Waals surface area contributed by atoms with E-state index in [0.717, 1.165) is 6.07 Å². The maximum Gasteiger partial charge on any atom is 0.245 e. The van der Waals surface area contributed by atoms with Crippen LogP contribution in [0, 0.1) is 18.6 Å². The first-order valence-corrected chi connectivity index (χ1v) is 9.69. The van der Waals surface area contributed by atoms with E-state index in [-0.39, 0.29) is 52.3 Å². The summed E-state index contributed by atoms with van der Waals surface area (Å²) in [5.74, 6) is -1.60. The van der Waals surface area contributed by atoms with Crippen LogP contribution in [0.1, 0.15) is 24.6 Å². The number of nitrogens with zero attached hydrogens (tertiary/aromatic N) is 3. The second-order valence-electron chi connectivity index (χ2n) is 7.38. The van der Waals surface area contributed by atoms with Gasteiger partial charge in [0.1, 0.15) is 17.2 Å². The second-order valence-corrected chi connectivity index (χ2v) is 7.82. The number of hydrogen-bond acceptors (Lipinski definition) is 7. The van der Waals surface area contributed by atoms with Gasteiger partial charge in [0.2, 0.25) is 17.6 Å². The van der Waals surface area contributed by atoms with Crippen LogP contribution in [0.3, 0.4) is 0 Å². The zero-order valence-corrected chi connectivity index (χ0v) is 17.3. The van der Waals surface area contributed by atoms with Gasteiger partial charge in [-0.05, 0) is 30.7 Å². The molecule has 8 nitrogen and oxygen atoms in total. The number of halogens is 3. The number of carbonyl (C=O) groups is 1. The third kappa shape index (κ3) is 4.01. The molecule has 0 unspecified atom stereocenters. The van der Waals surface area contributed by atoms with Crippen LogP contribution in [-0.2, 0) is 9.53 Å². The van der Waals surface area contributed by atoms with Crippen molar-refractivity contribution in [1.82, 2.24) is 20.4 Å².